The number of hydrogen-bond donors (Lipinski definition) is 1. The molecule has 6 rings (SSSR count). The van der Waals surface area contributed by atoms with Gasteiger partial charge in [-0.3, -0.25) is 4.79 Å². The van der Waals surface area contributed by atoms with E-state index in [4.69, 9.17) is 11.6 Å². The van der Waals surface area contributed by atoms with E-state index in [0.29, 0.717) is 36.4 Å². The van der Waals surface area contributed by atoms with E-state index in [-0.39, 0.29) is 22.8 Å². The molecule has 31 heavy (non-hydrogen) atoms. The molecule has 1 aromatic rings. The van der Waals surface area contributed by atoms with Crippen molar-refractivity contribution >= 4 is 27.5 Å². The maximum atomic E-state index is 13.1. The summed E-state index contributed by atoms with van der Waals surface area (Å²) in [6.07, 6.45) is 9.19. The highest BCUT2D eigenvalue weighted by Gasteiger charge is 2.53. The van der Waals surface area contributed by atoms with Crippen molar-refractivity contribution in [3.63, 3.8) is 0 Å². The average molecular weight is 465 g/mol. The van der Waals surface area contributed by atoms with E-state index in [1.165, 1.54) is 42.8 Å². The second kappa shape index (κ2) is 8.03. The largest absolute Gasteiger partial charge is 0.353 e. The molecule has 1 atom stereocenters. The van der Waals surface area contributed by atoms with Crippen molar-refractivity contribution in [3.05, 3.63) is 29.3 Å². The number of sulfonamides is 1. The summed E-state index contributed by atoms with van der Waals surface area (Å²) < 4.78 is 27.3. The molecule has 1 N–H and O–H groups in total. The smallest absolute Gasteiger partial charge is 0.243 e. The van der Waals surface area contributed by atoms with Gasteiger partial charge >= 0.3 is 0 Å². The van der Waals surface area contributed by atoms with Gasteiger partial charge in [-0.1, -0.05) is 11.6 Å². The Balaban J connectivity index is 1.18. The highest BCUT2D eigenvalue weighted by Crippen LogP contribution is 2.61. The molecule has 1 unspecified atom stereocenters. The van der Waals surface area contributed by atoms with Crippen LogP contribution in [0.4, 0.5) is 0 Å². The molecular weight excluding hydrogens is 432 g/mol. The number of hydrogen-bond acceptors (Lipinski definition) is 3. The maximum Gasteiger partial charge on any atom is 0.243 e. The lowest BCUT2D eigenvalue weighted by Gasteiger charge is -2.59. The van der Waals surface area contributed by atoms with Gasteiger partial charge in [0, 0.05) is 30.1 Å². The van der Waals surface area contributed by atoms with Crippen LogP contribution in [0.3, 0.4) is 0 Å². The number of nitrogens with zero attached hydrogens (tertiary/aromatic N) is 1. The fourth-order valence-electron chi connectivity index (χ4n) is 7.31. The third kappa shape index (κ3) is 4.04. The van der Waals surface area contributed by atoms with Gasteiger partial charge in [0.1, 0.15) is 0 Å². The van der Waals surface area contributed by atoms with E-state index in [0.717, 1.165) is 17.8 Å². The van der Waals surface area contributed by atoms with Crippen LogP contribution in [0.2, 0.25) is 5.02 Å². The van der Waals surface area contributed by atoms with Crippen molar-refractivity contribution in [2.24, 2.45) is 29.1 Å². The summed E-state index contributed by atoms with van der Waals surface area (Å²) in [5.41, 5.74) is 0.295. The highest BCUT2D eigenvalue weighted by atomic mass is 35.5. The zero-order chi connectivity index (χ0) is 21.8. The monoisotopic (exact) mass is 464 g/mol. The quantitative estimate of drug-likeness (QED) is 0.699. The minimum atomic E-state index is -3.54. The molecule has 0 radical (unpaired) electrons. The molecule has 1 amide bonds. The predicted molar refractivity (Wildman–Crippen MR) is 121 cm³/mol. The topological polar surface area (TPSA) is 66.5 Å². The Morgan fingerprint density at radius 3 is 2.06 bits per heavy atom. The lowest BCUT2D eigenvalue weighted by molar-refractivity contribution is -0.130. The number of nitrogens with one attached hydrogen (secondary N) is 1. The zero-order valence-electron chi connectivity index (χ0n) is 18.2. The highest BCUT2D eigenvalue weighted by molar-refractivity contribution is 7.89. The van der Waals surface area contributed by atoms with Crippen molar-refractivity contribution in [2.75, 3.05) is 13.1 Å². The van der Waals surface area contributed by atoms with E-state index in [1.807, 2.05) is 0 Å². The van der Waals surface area contributed by atoms with Crippen LogP contribution in [-0.4, -0.2) is 37.8 Å². The van der Waals surface area contributed by atoms with Gasteiger partial charge in [-0.25, -0.2) is 8.42 Å². The first-order valence-corrected chi connectivity index (χ1v) is 13.6. The number of carbonyl (C=O) groups is 1. The molecule has 1 aromatic carbocycles. The van der Waals surface area contributed by atoms with Gasteiger partial charge < -0.3 is 5.32 Å². The molecular formula is C24H33ClN2O3S. The second-order valence-corrected chi connectivity index (χ2v) is 13.0. The van der Waals surface area contributed by atoms with Gasteiger partial charge in [-0.2, -0.15) is 4.31 Å². The SMILES string of the molecule is CC(NC(=O)C1CCN(S(=O)(=O)c2ccc(Cl)cc2)CC1)C12CC3CC(CC(C3)C1)C2. The Hall–Kier alpha value is -1.11. The van der Waals surface area contributed by atoms with Crippen LogP contribution in [0.1, 0.15) is 58.3 Å². The van der Waals surface area contributed by atoms with E-state index >= 15 is 0 Å². The Bertz CT molecular complexity index is 903. The summed E-state index contributed by atoms with van der Waals surface area (Å²) in [6.45, 7) is 2.98. The third-order valence-electron chi connectivity index (χ3n) is 8.64. The Labute approximate surface area is 191 Å². The molecule has 0 spiro atoms. The lowest BCUT2D eigenvalue weighted by atomic mass is 9.48. The van der Waals surface area contributed by atoms with Gasteiger partial charge in [0.05, 0.1) is 4.90 Å². The summed E-state index contributed by atoms with van der Waals surface area (Å²) in [5, 5.41) is 3.89. The van der Waals surface area contributed by atoms with Crippen molar-refractivity contribution in [3.8, 4) is 0 Å². The molecule has 1 heterocycles. The van der Waals surface area contributed by atoms with Crippen molar-refractivity contribution in [1.82, 2.24) is 9.62 Å². The predicted octanol–water partition coefficient (Wildman–Crippen LogP) is 4.46. The molecule has 4 saturated carbocycles. The maximum absolute atomic E-state index is 13.1. The minimum absolute atomic E-state index is 0.104. The summed E-state index contributed by atoms with van der Waals surface area (Å²) >= 11 is 5.89. The standard InChI is InChI=1S/C24H33ClN2O3S/c1-16(24-13-17-10-18(14-24)12-19(11-17)15-24)26-23(28)20-6-8-27(9-7-20)31(29,30)22-4-2-21(25)3-5-22/h2-5,16-20H,6-15H2,1H3,(H,26,28). The lowest BCUT2D eigenvalue weighted by Crippen LogP contribution is -2.56. The summed E-state index contributed by atoms with van der Waals surface area (Å²) in [6, 6.07) is 6.50. The van der Waals surface area contributed by atoms with E-state index in [2.05, 4.69) is 12.2 Å². The van der Waals surface area contributed by atoms with Crippen LogP contribution in [0.15, 0.2) is 29.2 Å². The first-order chi connectivity index (χ1) is 14.7. The Morgan fingerprint density at radius 2 is 1.55 bits per heavy atom. The van der Waals surface area contributed by atoms with Crippen LogP contribution in [-0.2, 0) is 14.8 Å². The fraction of sp³-hybridized carbons (Fsp3) is 0.708. The first-order valence-electron chi connectivity index (χ1n) is 11.8. The molecule has 1 saturated heterocycles. The van der Waals surface area contributed by atoms with Gasteiger partial charge in [0.25, 0.3) is 0 Å². The first kappa shape index (κ1) is 21.7. The van der Waals surface area contributed by atoms with Crippen LogP contribution >= 0.6 is 11.6 Å². The Morgan fingerprint density at radius 1 is 1.03 bits per heavy atom. The normalized spacial score (nSPS) is 34.6. The average Bonchev–Trinajstić information content (AvgIpc) is 2.73. The number of halogens is 1. The number of piperidine rings is 1. The van der Waals surface area contributed by atoms with E-state index in [9.17, 15) is 13.2 Å². The molecule has 5 aliphatic rings. The number of amides is 1. The van der Waals surface area contributed by atoms with Crippen LogP contribution < -0.4 is 5.32 Å². The summed E-state index contributed by atoms with van der Waals surface area (Å²) in [7, 11) is -3.54. The molecule has 5 fully saturated rings. The van der Waals surface area contributed by atoms with E-state index < -0.39 is 10.0 Å². The van der Waals surface area contributed by atoms with Crippen LogP contribution in [0.5, 0.6) is 0 Å². The van der Waals surface area contributed by atoms with Crippen molar-refractivity contribution in [2.45, 2.75) is 69.2 Å². The number of carbonyl (C=O) groups excluding carboxylic acids is 1. The summed E-state index contributed by atoms with van der Waals surface area (Å²) in [5.74, 6) is 2.62. The number of benzene rings is 1. The van der Waals surface area contributed by atoms with Gasteiger partial charge in [-0.05, 0) is 106 Å². The molecule has 4 aliphatic carbocycles. The number of rotatable bonds is 5. The van der Waals surface area contributed by atoms with E-state index in [1.54, 1.807) is 24.3 Å². The van der Waals surface area contributed by atoms with Crippen molar-refractivity contribution in [1.29, 1.82) is 0 Å². The minimum Gasteiger partial charge on any atom is -0.353 e. The third-order valence-corrected chi connectivity index (χ3v) is 10.8. The van der Waals surface area contributed by atoms with Crippen LogP contribution in [0.25, 0.3) is 0 Å². The zero-order valence-corrected chi connectivity index (χ0v) is 19.8. The molecule has 1 aliphatic heterocycles. The fourth-order valence-corrected chi connectivity index (χ4v) is 8.90. The molecule has 5 nitrogen and oxygen atoms in total. The van der Waals surface area contributed by atoms with Gasteiger partial charge in [0.2, 0.25) is 15.9 Å². The Kier molecular flexibility index (Phi) is 5.63. The van der Waals surface area contributed by atoms with Crippen LogP contribution in [0, 0.1) is 29.1 Å². The molecule has 4 bridgehead atoms. The molecule has 7 heteroatoms. The molecule has 170 valence electrons. The second-order valence-electron chi connectivity index (χ2n) is 10.6. The summed E-state index contributed by atoms with van der Waals surface area (Å²) in [4.78, 5) is 13.3. The molecule has 0 aromatic heterocycles. The van der Waals surface area contributed by atoms with Gasteiger partial charge in [0.15, 0.2) is 0 Å². The van der Waals surface area contributed by atoms with Gasteiger partial charge in [-0.15, -0.1) is 0 Å². The van der Waals surface area contributed by atoms with Crippen molar-refractivity contribution < 1.29 is 13.2 Å².